The molecule has 1 rings (SSSR count). The summed E-state index contributed by atoms with van der Waals surface area (Å²) in [5.41, 5.74) is 2.07. The second kappa shape index (κ2) is 7.32. The first kappa shape index (κ1) is 15.7. The maximum absolute atomic E-state index is 11.8. The van der Waals surface area contributed by atoms with Crippen LogP contribution >= 0.6 is 11.6 Å². The highest BCUT2D eigenvalue weighted by Gasteiger charge is 2.14. The minimum absolute atomic E-state index is 0.0192. The summed E-state index contributed by atoms with van der Waals surface area (Å²) in [5.74, 6) is 0. The van der Waals surface area contributed by atoms with Crippen LogP contribution in [0, 0.1) is 0 Å². The van der Waals surface area contributed by atoms with Crippen molar-refractivity contribution in [2.24, 2.45) is 0 Å². The second-order valence-electron chi connectivity index (χ2n) is 3.79. The number of rotatable bonds is 6. The predicted octanol–water partition coefficient (Wildman–Crippen LogP) is 1.63. The summed E-state index contributed by atoms with van der Waals surface area (Å²) in [5, 5.41) is 2.95. The first-order valence-electron chi connectivity index (χ1n) is 5.77. The van der Waals surface area contributed by atoms with Gasteiger partial charge in [0.05, 0.1) is 4.90 Å². The number of carbonyl (C=O) groups excluding carboxylic acids is 1. The van der Waals surface area contributed by atoms with E-state index in [9.17, 15) is 13.2 Å². The number of benzene rings is 1. The first-order chi connectivity index (χ1) is 8.95. The van der Waals surface area contributed by atoms with E-state index in [1.54, 1.807) is 0 Å². The Morgan fingerprint density at radius 1 is 1.26 bits per heavy atom. The molecule has 0 radical (unpaired) electrons. The summed E-state index contributed by atoms with van der Waals surface area (Å²) in [6.45, 7) is 2.48. The fourth-order valence-corrected chi connectivity index (χ4v) is 2.17. The molecule has 0 spiro atoms. The molecular weight excluding hydrogens is 290 g/mol. The fourth-order valence-electron chi connectivity index (χ4n) is 1.21. The Morgan fingerprint density at radius 2 is 1.89 bits per heavy atom. The van der Waals surface area contributed by atoms with E-state index >= 15 is 0 Å². The van der Waals surface area contributed by atoms with Crippen molar-refractivity contribution in [3.8, 4) is 0 Å². The monoisotopic (exact) mass is 305 g/mol. The maximum Gasteiger partial charge on any atom is 0.329 e. The van der Waals surface area contributed by atoms with E-state index in [-0.39, 0.29) is 4.90 Å². The third kappa shape index (κ3) is 5.46. The van der Waals surface area contributed by atoms with Gasteiger partial charge in [-0.2, -0.15) is 0 Å². The maximum atomic E-state index is 11.8. The predicted molar refractivity (Wildman–Crippen MR) is 73.2 cm³/mol. The van der Waals surface area contributed by atoms with E-state index in [0.29, 0.717) is 11.6 Å². The minimum atomic E-state index is -3.78. The lowest BCUT2D eigenvalue weighted by molar-refractivity contribution is 0.239. The molecule has 0 atom stereocenters. The van der Waals surface area contributed by atoms with Crippen LogP contribution in [0.4, 0.5) is 4.79 Å². The number of halogens is 1. The first-order valence-corrected chi connectivity index (χ1v) is 7.63. The van der Waals surface area contributed by atoms with Crippen LogP contribution in [0.5, 0.6) is 0 Å². The van der Waals surface area contributed by atoms with Gasteiger partial charge in [-0.3, -0.25) is 5.43 Å². The third-order valence-electron chi connectivity index (χ3n) is 2.24. The second-order valence-corrected chi connectivity index (χ2v) is 5.91. The zero-order valence-corrected chi connectivity index (χ0v) is 12.0. The standard InChI is InChI=1S/C11H16ClN3O3S/c1-2-3-8-13-11(16)14-15-19(17,18)10-6-4-9(12)5-7-10/h4-7,15H,2-3,8H2,1H3,(H2,13,14,16). The Bertz CT molecular complexity index is 516. The molecule has 0 unspecified atom stereocenters. The average molecular weight is 306 g/mol. The molecule has 0 bridgehead atoms. The summed E-state index contributed by atoms with van der Waals surface area (Å²) < 4.78 is 23.6. The van der Waals surface area contributed by atoms with Crippen LogP contribution in [0.1, 0.15) is 19.8 Å². The van der Waals surface area contributed by atoms with Crippen molar-refractivity contribution in [1.29, 1.82) is 0 Å². The fraction of sp³-hybridized carbons (Fsp3) is 0.364. The molecular formula is C11H16ClN3O3S. The van der Waals surface area contributed by atoms with E-state index in [0.717, 1.165) is 12.8 Å². The van der Waals surface area contributed by atoms with E-state index < -0.39 is 16.1 Å². The van der Waals surface area contributed by atoms with Gasteiger partial charge in [-0.15, -0.1) is 4.83 Å². The summed E-state index contributed by atoms with van der Waals surface area (Å²) in [4.78, 5) is 13.3. The quantitative estimate of drug-likeness (QED) is 0.551. The number of hydrogen-bond acceptors (Lipinski definition) is 3. The van der Waals surface area contributed by atoms with Gasteiger partial charge in [0.15, 0.2) is 0 Å². The minimum Gasteiger partial charge on any atom is -0.337 e. The summed E-state index contributed by atoms with van der Waals surface area (Å²) in [6, 6.07) is 5.02. The summed E-state index contributed by atoms with van der Waals surface area (Å²) in [7, 11) is -3.78. The van der Waals surface area contributed by atoms with Gasteiger partial charge < -0.3 is 5.32 Å². The van der Waals surface area contributed by atoms with Gasteiger partial charge in [-0.25, -0.2) is 13.2 Å². The average Bonchev–Trinajstić information content (AvgIpc) is 2.37. The lowest BCUT2D eigenvalue weighted by Gasteiger charge is -2.09. The van der Waals surface area contributed by atoms with Crippen molar-refractivity contribution < 1.29 is 13.2 Å². The van der Waals surface area contributed by atoms with Crippen LogP contribution in [0.15, 0.2) is 29.2 Å². The largest absolute Gasteiger partial charge is 0.337 e. The third-order valence-corrected chi connectivity index (χ3v) is 3.75. The van der Waals surface area contributed by atoms with Crippen LogP contribution < -0.4 is 15.6 Å². The molecule has 0 aliphatic rings. The van der Waals surface area contributed by atoms with Crippen molar-refractivity contribution in [1.82, 2.24) is 15.6 Å². The van der Waals surface area contributed by atoms with Crippen LogP contribution in [-0.4, -0.2) is 21.0 Å². The highest BCUT2D eigenvalue weighted by Crippen LogP contribution is 2.13. The zero-order chi connectivity index (χ0) is 14.3. The van der Waals surface area contributed by atoms with Crippen LogP contribution in [0.3, 0.4) is 0 Å². The molecule has 106 valence electrons. The Balaban J connectivity index is 2.51. The smallest absolute Gasteiger partial charge is 0.329 e. The zero-order valence-electron chi connectivity index (χ0n) is 10.4. The molecule has 19 heavy (non-hydrogen) atoms. The molecule has 0 heterocycles. The van der Waals surface area contributed by atoms with Gasteiger partial charge in [0.2, 0.25) is 0 Å². The molecule has 0 aliphatic heterocycles. The molecule has 8 heteroatoms. The van der Waals surface area contributed by atoms with Gasteiger partial charge in [0, 0.05) is 11.6 Å². The number of carbonyl (C=O) groups is 1. The Hall–Kier alpha value is -1.31. The topological polar surface area (TPSA) is 87.3 Å². The number of urea groups is 1. The van der Waals surface area contributed by atoms with Crippen molar-refractivity contribution in [2.45, 2.75) is 24.7 Å². The molecule has 2 amide bonds. The molecule has 3 N–H and O–H groups in total. The molecule has 0 fully saturated rings. The molecule has 0 aromatic heterocycles. The Morgan fingerprint density at radius 3 is 2.47 bits per heavy atom. The van der Waals surface area contributed by atoms with Crippen molar-refractivity contribution in [2.75, 3.05) is 6.54 Å². The number of hydrazine groups is 1. The highest BCUT2D eigenvalue weighted by atomic mass is 35.5. The normalized spacial score (nSPS) is 11.1. The number of nitrogens with one attached hydrogen (secondary N) is 3. The van der Waals surface area contributed by atoms with Gasteiger partial charge >= 0.3 is 6.03 Å². The summed E-state index contributed by atoms with van der Waals surface area (Å²) in [6.07, 6.45) is 1.77. The van der Waals surface area contributed by atoms with E-state index in [1.165, 1.54) is 24.3 Å². The van der Waals surface area contributed by atoms with Gasteiger partial charge in [-0.1, -0.05) is 24.9 Å². The van der Waals surface area contributed by atoms with Crippen LogP contribution in [-0.2, 0) is 10.0 Å². The number of amides is 2. The highest BCUT2D eigenvalue weighted by molar-refractivity contribution is 7.89. The summed E-state index contributed by atoms with van der Waals surface area (Å²) >= 11 is 5.67. The lowest BCUT2D eigenvalue weighted by Crippen LogP contribution is -2.46. The Labute approximate surface area is 117 Å². The van der Waals surface area contributed by atoms with Crippen LogP contribution in [0.25, 0.3) is 0 Å². The van der Waals surface area contributed by atoms with E-state index in [1.807, 2.05) is 11.8 Å². The van der Waals surface area contributed by atoms with Crippen LogP contribution in [0.2, 0.25) is 5.02 Å². The molecule has 0 aliphatic carbocycles. The van der Waals surface area contributed by atoms with Gasteiger partial charge in [-0.05, 0) is 30.7 Å². The van der Waals surface area contributed by atoms with E-state index in [4.69, 9.17) is 11.6 Å². The molecule has 1 aromatic carbocycles. The van der Waals surface area contributed by atoms with Crippen molar-refractivity contribution in [3.05, 3.63) is 29.3 Å². The molecule has 0 saturated carbocycles. The SMILES string of the molecule is CCCCNC(=O)NNS(=O)(=O)c1ccc(Cl)cc1. The van der Waals surface area contributed by atoms with Crippen molar-refractivity contribution >= 4 is 27.7 Å². The lowest BCUT2D eigenvalue weighted by atomic mass is 10.3. The molecule has 1 aromatic rings. The molecule has 0 saturated heterocycles. The molecule has 6 nitrogen and oxygen atoms in total. The Kier molecular flexibility index (Phi) is 6.07. The van der Waals surface area contributed by atoms with E-state index in [2.05, 4.69) is 10.7 Å². The number of hydrogen-bond donors (Lipinski definition) is 3. The number of sulfonamides is 1. The number of unbranched alkanes of at least 4 members (excludes halogenated alkanes) is 1. The van der Waals surface area contributed by atoms with Gasteiger partial charge in [0.1, 0.15) is 0 Å². The van der Waals surface area contributed by atoms with Gasteiger partial charge in [0.25, 0.3) is 10.0 Å². The van der Waals surface area contributed by atoms with Crippen molar-refractivity contribution in [3.63, 3.8) is 0 Å².